The van der Waals surface area contributed by atoms with Crippen molar-refractivity contribution < 1.29 is 29.0 Å². The zero-order chi connectivity index (χ0) is 40.9. The van der Waals surface area contributed by atoms with Gasteiger partial charge in [0.2, 0.25) is 11.8 Å². The Morgan fingerprint density at radius 3 is 2.32 bits per heavy atom. The van der Waals surface area contributed by atoms with Gasteiger partial charge in [0.05, 0.1) is 31.2 Å². The summed E-state index contributed by atoms with van der Waals surface area (Å²) in [5, 5.41) is 16.0. The van der Waals surface area contributed by atoms with Crippen LogP contribution in [-0.2, 0) is 31.1 Å². The first-order chi connectivity index (χ1) is 28.9. The fourth-order valence-electron chi connectivity index (χ4n) is 9.15. The molecule has 2 amide bonds. The van der Waals surface area contributed by atoms with E-state index in [1.165, 1.54) is 5.56 Å². The number of rotatable bonds is 12. The summed E-state index contributed by atoms with van der Waals surface area (Å²) in [6.07, 6.45) is 0.756. The summed E-state index contributed by atoms with van der Waals surface area (Å²) in [4.78, 5) is 49.4. The van der Waals surface area contributed by atoms with Crippen molar-refractivity contribution in [1.82, 2.24) is 15.1 Å². The molecule has 3 heterocycles. The molecule has 10 heteroatoms. The second kappa shape index (κ2) is 17.1. The SMILES string of the molecule is C=CCNC(=O)C1C2C(=O)OC(c3ccccc3)C(c3ccccc3)N2C(c2ccccc2OCCO)C12C(=O)Nc1ccc(C#CCN(C)Cc3ccccc3)cc12. The lowest BCUT2D eigenvalue weighted by atomic mass is 9.65. The van der Waals surface area contributed by atoms with Gasteiger partial charge in [0.15, 0.2) is 0 Å². The standard InChI is InChI=1S/C49H46N4O6/c1-3-27-50-46(55)41-43-47(56)59-44(36-21-11-6-12-22-36)42(35-19-9-5-10-20-35)53(43)45(37-23-13-14-24-40(37)58-30-29-54)49(41)38-31-33(25-26-39(38)51-48(49)57)18-15-28-52(2)32-34-16-7-4-8-17-34/h3-14,16-17,19-26,31,41-45,54H,1,27-30,32H2,2H3,(H,50,55)(H,51,57). The van der Waals surface area contributed by atoms with Gasteiger partial charge in [-0.1, -0.05) is 127 Å². The maximum absolute atomic E-state index is 15.4. The second-order valence-corrected chi connectivity index (χ2v) is 15.1. The van der Waals surface area contributed by atoms with Crippen molar-refractivity contribution >= 4 is 23.5 Å². The topological polar surface area (TPSA) is 120 Å². The van der Waals surface area contributed by atoms with Crippen molar-refractivity contribution in [3.8, 4) is 17.6 Å². The third-order valence-corrected chi connectivity index (χ3v) is 11.5. The van der Waals surface area contributed by atoms with E-state index in [2.05, 4.69) is 46.1 Å². The van der Waals surface area contributed by atoms with E-state index in [0.717, 1.165) is 17.7 Å². The molecule has 10 nitrogen and oxygen atoms in total. The summed E-state index contributed by atoms with van der Waals surface area (Å²) in [5.74, 6) is 4.19. The minimum Gasteiger partial charge on any atom is -0.491 e. The number of esters is 1. The number of nitrogens with zero attached hydrogens (tertiary/aromatic N) is 2. The van der Waals surface area contributed by atoms with Gasteiger partial charge in [0.1, 0.15) is 29.9 Å². The van der Waals surface area contributed by atoms with E-state index < -0.39 is 53.3 Å². The molecule has 0 radical (unpaired) electrons. The Kier molecular flexibility index (Phi) is 11.4. The summed E-state index contributed by atoms with van der Waals surface area (Å²) < 4.78 is 12.7. The first-order valence-electron chi connectivity index (χ1n) is 19.8. The largest absolute Gasteiger partial charge is 0.491 e. The Labute approximate surface area is 344 Å². The van der Waals surface area contributed by atoms with Crippen molar-refractivity contribution in [2.45, 2.75) is 36.2 Å². The number of morpholine rings is 1. The first-order valence-corrected chi connectivity index (χ1v) is 19.8. The number of carbonyl (C=O) groups excluding carboxylic acids is 3. The van der Waals surface area contributed by atoms with Crippen LogP contribution in [0.5, 0.6) is 5.75 Å². The Morgan fingerprint density at radius 1 is 0.932 bits per heavy atom. The van der Waals surface area contributed by atoms with Crippen LogP contribution in [0, 0.1) is 17.8 Å². The number of hydrogen-bond donors (Lipinski definition) is 3. The van der Waals surface area contributed by atoms with E-state index in [-0.39, 0.29) is 19.8 Å². The van der Waals surface area contributed by atoms with Gasteiger partial charge < -0.3 is 25.2 Å². The number of benzene rings is 5. The molecule has 59 heavy (non-hydrogen) atoms. The predicted molar refractivity (Wildman–Crippen MR) is 225 cm³/mol. The van der Waals surface area contributed by atoms with E-state index in [1.54, 1.807) is 12.1 Å². The molecule has 5 aromatic carbocycles. The highest BCUT2D eigenvalue weighted by Gasteiger charge is 2.74. The molecule has 8 rings (SSSR count). The van der Waals surface area contributed by atoms with Crippen molar-refractivity contribution in [2.75, 3.05) is 38.7 Å². The summed E-state index contributed by atoms with van der Waals surface area (Å²) in [5.41, 5.74) is 3.35. The van der Waals surface area contributed by atoms with E-state index in [9.17, 15) is 14.7 Å². The predicted octanol–water partition coefficient (Wildman–Crippen LogP) is 6.11. The van der Waals surface area contributed by atoms with Crippen molar-refractivity contribution in [1.29, 1.82) is 0 Å². The van der Waals surface area contributed by atoms with Crippen LogP contribution in [0.15, 0.2) is 146 Å². The molecular weight excluding hydrogens is 741 g/mol. The maximum Gasteiger partial charge on any atom is 0.324 e. The number of nitrogens with one attached hydrogen (secondary N) is 2. The number of ether oxygens (including phenoxy) is 2. The van der Waals surface area contributed by atoms with Crippen molar-refractivity contribution in [3.05, 3.63) is 179 Å². The molecule has 298 valence electrons. The molecule has 6 unspecified atom stereocenters. The van der Waals surface area contributed by atoms with Crippen molar-refractivity contribution in [2.24, 2.45) is 5.92 Å². The molecule has 3 aliphatic heterocycles. The zero-order valence-electron chi connectivity index (χ0n) is 32.8. The lowest BCUT2D eigenvalue weighted by molar-refractivity contribution is -0.178. The highest BCUT2D eigenvalue weighted by atomic mass is 16.6. The Bertz CT molecular complexity index is 2400. The summed E-state index contributed by atoms with van der Waals surface area (Å²) in [6.45, 7) is 4.88. The molecule has 1 spiro atoms. The average molecular weight is 787 g/mol. The minimum atomic E-state index is -1.71. The van der Waals surface area contributed by atoms with Gasteiger partial charge in [-0.25, -0.2) is 0 Å². The second-order valence-electron chi connectivity index (χ2n) is 15.1. The van der Waals surface area contributed by atoms with Crippen LogP contribution in [-0.4, -0.2) is 72.1 Å². The number of amides is 2. The highest BCUT2D eigenvalue weighted by Crippen LogP contribution is 2.65. The molecule has 0 aromatic heterocycles. The third-order valence-electron chi connectivity index (χ3n) is 11.5. The molecule has 6 atom stereocenters. The number of para-hydroxylation sites is 1. The monoisotopic (exact) mass is 786 g/mol. The van der Waals surface area contributed by atoms with Gasteiger partial charge in [-0.3, -0.25) is 24.2 Å². The smallest absolute Gasteiger partial charge is 0.324 e. The zero-order valence-corrected chi connectivity index (χ0v) is 32.8. The van der Waals surface area contributed by atoms with Crippen molar-refractivity contribution in [3.63, 3.8) is 0 Å². The Morgan fingerprint density at radius 2 is 1.61 bits per heavy atom. The summed E-state index contributed by atoms with van der Waals surface area (Å²) >= 11 is 0. The number of carbonyl (C=O) groups is 3. The minimum absolute atomic E-state index is 0.0125. The van der Waals surface area contributed by atoms with Crippen LogP contribution in [0.25, 0.3) is 0 Å². The van der Waals surface area contributed by atoms with Gasteiger partial charge in [0, 0.05) is 29.9 Å². The lowest BCUT2D eigenvalue weighted by Gasteiger charge is -2.46. The molecule has 2 fully saturated rings. The fraction of sp³-hybridized carbons (Fsp3) is 0.245. The molecular formula is C49H46N4O6. The van der Waals surface area contributed by atoms with Gasteiger partial charge in [-0.2, -0.15) is 0 Å². The normalized spacial score (nSPS) is 23.1. The summed E-state index contributed by atoms with van der Waals surface area (Å²) in [6, 6.07) is 39.5. The van der Waals surface area contributed by atoms with Crippen LogP contribution in [0.1, 0.15) is 51.6 Å². The van der Waals surface area contributed by atoms with Crippen LogP contribution < -0.4 is 15.4 Å². The van der Waals surface area contributed by atoms with E-state index in [1.807, 2.05) is 127 Å². The van der Waals surface area contributed by atoms with Gasteiger partial charge in [-0.15, -0.1) is 6.58 Å². The highest BCUT2D eigenvalue weighted by molar-refractivity contribution is 6.12. The van der Waals surface area contributed by atoms with Crippen LogP contribution >= 0.6 is 0 Å². The van der Waals surface area contributed by atoms with Gasteiger partial charge >= 0.3 is 5.97 Å². The van der Waals surface area contributed by atoms with Gasteiger partial charge in [0.25, 0.3) is 0 Å². The molecule has 0 saturated carbocycles. The number of aliphatic hydroxyl groups excluding tert-OH is 1. The first kappa shape index (κ1) is 39.3. The Hall–Kier alpha value is -6.51. The molecule has 5 aromatic rings. The lowest BCUT2D eigenvalue weighted by Crippen LogP contribution is -2.54. The fourth-order valence-corrected chi connectivity index (χ4v) is 9.15. The van der Waals surface area contributed by atoms with E-state index in [0.29, 0.717) is 34.7 Å². The molecule has 3 aliphatic rings. The number of fused-ring (bicyclic) bond motifs is 3. The van der Waals surface area contributed by atoms with Crippen LogP contribution in [0.2, 0.25) is 0 Å². The molecule has 3 N–H and O–H groups in total. The molecule has 2 saturated heterocycles. The van der Waals surface area contributed by atoms with Crippen LogP contribution in [0.4, 0.5) is 5.69 Å². The van der Waals surface area contributed by atoms with E-state index >= 15 is 4.79 Å². The molecule has 0 aliphatic carbocycles. The van der Waals surface area contributed by atoms with Crippen LogP contribution in [0.3, 0.4) is 0 Å². The molecule has 0 bridgehead atoms. The van der Waals surface area contributed by atoms with E-state index in [4.69, 9.17) is 9.47 Å². The van der Waals surface area contributed by atoms with Gasteiger partial charge in [-0.05, 0) is 53.6 Å². The number of anilines is 1. The number of hydrogen-bond acceptors (Lipinski definition) is 8. The maximum atomic E-state index is 15.4. The average Bonchev–Trinajstić information content (AvgIpc) is 3.74. The summed E-state index contributed by atoms with van der Waals surface area (Å²) in [7, 11) is 2.01. The number of aliphatic hydroxyl groups is 1. The third kappa shape index (κ3) is 7.29. The Balaban J connectivity index is 1.35. The quantitative estimate of drug-likeness (QED) is 0.0788. The number of cyclic esters (lactones) is 1.